The highest BCUT2D eigenvalue weighted by Crippen LogP contribution is 2.61. The molecule has 12 heteroatoms. The first-order chi connectivity index (χ1) is 27.8. The lowest BCUT2D eigenvalue weighted by Crippen LogP contribution is -2.69. The molecule has 3 aliphatic rings. The van der Waals surface area contributed by atoms with Gasteiger partial charge in [0.25, 0.3) is 0 Å². The van der Waals surface area contributed by atoms with Gasteiger partial charge in [-0.05, 0) is 74.6 Å². The van der Waals surface area contributed by atoms with Crippen LogP contribution in [0.1, 0.15) is 134 Å². The Hall–Kier alpha value is -3.61. The Morgan fingerprint density at radius 2 is 1.67 bits per heavy atom. The van der Waals surface area contributed by atoms with Gasteiger partial charge in [0.05, 0.1) is 25.3 Å². The number of ether oxygens (including phenoxy) is 4. The number of carbonyl (C=O) groups excluding carboxylic acids is 2. The lowest BCUT2D eigenvalue weighted by Gasteiger charge is -2.59. The van der Waals surface area contributed by atoms with E-state index in [0.29, 0.717) is 43.2 Å². The lowest BCUT2D eigenvalue weighted by molar-refractivity contribution is -0.253. The first-order valence-corrected chi connectivity index (χ1v) is 21.8. The number of carbonyl (C=O) groups is 2. The number of amides is 2. The zero-order valence-electron chi connectivity index (χ0n) is 35.2. The molecule has 0 aromatic heterocycles. The maximum absolute atomic E-state index is 13.3. The van der Waals surface area contributed by atoms with E-state index in [0.717, 1.165) is 49.7 Å². The number of hydrogen-bond acceptors (Lipinski definition) is 10. The molecule has 3 N–H and O–H groups in total. The van der Waals surface area contributed by atoms with Gasteiger partial charge < -0.3 is 44.2 Å². The fourth-order valence-corrected chi connectivity index (χ4v) is 9.15. The topological polar surface area (TPSA) is 148 Å². The van der Waals surface area contributed by atoms with Crippen molar-refractivity contribution >= 4 is 17.9 Å². The van der Waals surface area contributed by atoms with Gasteiger partial charge in [-0.25, -0.2) is 9.59 Å². The standard InChI is InChI=1S/C45H71N3O9/c1-6-9-10-11-12-13-14-15-16-19-26-46-43(51)56-34-24-25-39-37(31-34)41-35(23-18-21-28-50)33(22-17-20-27-49)30-36-38(47-55-8-3)32-40(48(4)44(52)53-5)45(57-39,42(36)41)54-29-7-2/h7,24-25,30-31,33,35,40-42,49-50H,2,6,8-23,26-29,32H2,1,3-5H3,(H,46,51). The Morgan fingerprint density at radius 3 is 2.32 bits per heavy atom. The fraction of sp³-hybridized carbons (Fsp3) is 0.711. The van der Waals surface area contributed by atoms with E-state index in [1.54, 1.807) is 19.2 Å². The van der Waals surface area contributed by atoms with Crippen LogP contribution < -0.4 is 14.8 Å². The maximum atomic E-state index is 13.3. The highest BCUT2D eigenvalue weighted by molar-refractivity contribution is 6.02. The van der Waals surface area contributed by atoms with E-state index in [1.807, 2.05) is 19.1 Å². The summed E-state index contributed by atoms with van der Waals surface area (Å²) in [7, 11) is 3.03. The summed E-state index contributed by atoms with van der Waals surface area (Å²) in [5, 5.41) is 27.2. The third kappa shape index (κ3) is 12.2. The number of aliphatic hydroxyl groups excluding tert-OH is 2. The molecular weight excluding hydrogens is 727 g/mol. The highest BCUT2D eigenvalue weighted by Gasteiger charge is 2.65. The summed E-state index contributed by atoms with van der Waals surface area (Å²) in [6.07, 6.45) is 20.0. The van der Waals surface area contributed by atoms with Crippen LogP contribution in [-0.2, 0) is 14.3 Å². The van der Waals surface area contributed by atoms with Crippen LogP contribution in [0.3, 0.4) is 0 Å². The van der Waals surface area contributed by atoms with Gasteiger partial charge in [-0.2, -0.15) is 0 Å². The quantitative estimate of drug-likeness (QED) is 0.0474. The molecule has 57 heavy (non-hydrogen) atoms. The predicted molar refractivity (Wildman–Crippen MR) is 223 cm³/mol. The molecule has 1 heterocycles. The van der Waals surface area contributed by atoms with Crippen LogP contribution in [0.2, 0.25) is 0 Å². The van der Waals surface area contributed by atoms with E-state index in [2.05, 4.69) is 30.1 Å². The van der Waals surface area contributed by atoms with E-state index in [4.69, 9.17) is 23.8 Å². The largest absolute Gasteiger partial charge is 0.459 e. The SMILES string of the molecule is C=CCOC12Oc3ccc(OC(=O)NCCCCCCCCCCCC)cc3C3C(CCCCO)C(CCCCO)C=C(C(=NOCC)CC1N(C)C(=O)OC)C32. The molecule has 6 unspecified atom stereocenters. The van der Waals surface area contributed by atoms with Crippen LogP contribution >= 0.6 is 0 Å². The molecule has 1 aromatic rings. The molecule has 4 rings (SSSR count). The molecule has 0 saturated heterocycles. The molecule has 2 amide bonds. The second-order valence-electron chi connectivity index (χ2n) is 15.8. The van der Waals surface area contributed by atoms with Crippen molar-refractivity contribution in [3.63, 3.8) is 0 Å². The van der Waals surface area contributed by atoms with Gasteiger partial charge in [0.2, 0.25) is 5.79 Å². The summed E-state index contributed by atoms with van der Waals surface area (Å²) in [5.41, 5.74) is 2.52. The van der Waals surface area contributed by atoms with Crippen molar-refractivity contribution in [1.29, 1.82) is 0 Å². The molecule has 1 saturated carbocycles. The van der Waals surface area contributed by atoms with Gasteiger partial charge in [-0.1, -0.05) is 94.9 Å². The minimum absolute atomic E-state index is 0.0503. The van der Waals surface area contributed by atoms with Crippen molar-refractivity contribution in [2.24, 2.45) is 22.9 Å². The van der Waals surface area contributed by atoms with E-state index < -0.39 is 29.9 Å². The lowest BCUT2D eigenvalue weighted by atomic mass is 9.55. The minimum atomic E-state index is -1.37. The monoisotopic (exact) mass is 798 g/mol. The summed E-state index contributed by atoms with van der Waals surface area (Å²) in [6.45, 7) is 9.34. The van der Waals surface area contributed by atoms with Gasteiger partial charge >= 0.3 is 12.2 Å². The number of rotatable bonds is 26. The molecule has 6 atom stereocenters. The predicted octanol–water partition coefficient (Wildman–Crippen LogP) is 9.05. The summed E-state index contributed by atoms with van der Waals surface area (Å²) in [6, 6.07) is 4.82. The minimum Gasteiger partial charge on any atom is -0.459 e. The van der Waals surface area contributed by atoms with Crippen molar-refractivity contribution in [2.45, 2.75) is 141 Å². The Labute approximate surface area is 341 Å². The van der Waals surface area contributed by atoms with Crippen molar-refractivity contribution in [3.05, 3.63) is 48.1 Å². The number of benzene rings is 1. The Kier molecular flexibility index (Phi) is 19.7. The Bertz CT molecular complexity index is 1470. The van der Waals surface area contributed by atoms with Crippen molar-refractivity contribution in [3.8, 4) is 11.5 Å². The molecule has 1 aliphatic heterocycles. The number of likely N-dealkylation sites (N-methyl/N-ethyl adjacent to an activating group) is 1. The van der Waals surface area contributed by atoms with Crippen LogP contribution in [0.15, 0.2) is 47.7 Å². The zero-order valence-corrected chi connectivity index (χ0v) is 35.2. The maximum Gasteiger partial charge on any atom is 0.412 e. The number of oxime groups is 1. The van der Waals surface area contributed by atoms with Crippen molar-refractivity contribution in [2.75, 3.05) is 47.1 Å². The van der Waals surface area contributed by atoms with E-state index in [9.17, 15) is 19.8 Å². The molecule has 12 nitrogen and oxygen atoms in total. The summed E-state index contributed by atoms with van der Waals surface area (Å²) in [5.74, 6) is -0.930. The third-order valence-corrected chi connectivity index (χ3v) is 11.9. The second kappa shape index (κ2) is 24.3. The first kappa shape index (κ1) is 46.1. The molecule has 1 aromatic carbocycles. The van der Waals surface area contributed by atoms with Gasteiger partial charge in [-0.3, -0.25) is 0 Å². The molecule has 2 aliphatic carbocycles. The molecule has 1 fully saturated rings. The number of unbranched alkanes of at least 4 members (excludes halogenated alkanes) is 11. The Balaban J connectivity index is 1.69. The van der Waals surface area contributed by atoms with Crippen molar-refractivity contribution < 1.29 is 43.6 Å². The molecule has 320 valence electrons. The van der Waals surface area contributed by atoms with Gasteiger partial charge in [0, 0.05) is 44.7 Å². The average Bonchev–Trinajstić information content (AvgIpc) is 3.22. The number of nitrogens with one attached hydrogen (secondary N) is 1. The van der Waals surface area contributed by atoms with Crippen LogP contribution in [0.5, 0.6) is 11.5 Å². The number of fused-ring (bicyclic) bond motifs is 2. The number of nitrogens with zero attached hydrogens (tertiary/aromatic N) is 2. The van der Waals surface area contributed by atoms with Gasteiger partial charge in [0.1, 0.15) is 24.1 Å². The Morgan fingerprint density at radius 1 is 0.982 bits per heavy atom. The number of methoxy groups -OCH3 is 1. The molecule has 0 radical (unpaired) electrons. The first-order valence-electron chi connectivity index (χ1n) is 21.8. The van der Waals surface area contributed by atoms with Crippen molar-refractivity contribution in [1.82, 2.24) is 10.2 Å². The normalized spacial score (nSPS) is 24.1. The number of allylic oxidation sites excluding steroid dienone is 1. The van der Waals surface area contributed by atoms with Crippen LogP contribution in [0, 0.1) is 17.8 Å². The number of aliphatic hydroxyl groups is 2. The second-order valence-corrected chi connectivity index (χ2v) is 15.8. The van der Waals surface area contributed by atoms with Crippen LogP contribution in [-0.4, -0.2) is 92.0 Å². The fourth-order valence-electron chi connectivity index (χ4n) is 9.15. The van der Waals surface area contributed by atoms with E-state index in [1.165, 1.54) is 63.4 Å². The summed E-state index contributed by atoms with van der Waals surface area (Å²) in [4.78, 5) is 33.6. The number of hydrogen-bond donors (Lipinski definition) is 3. The van der Waals surface area contributed by atoms with Crippen LogP contribution in [0.25, 0.3) is 0 Å². The van der Waals surface area contributed by atoms with E-state index >= 15 is 0 Å². The summed E-state index contributed by atoms with van der Waals surface area (Å²) < 4.78 is 25.0. The van der Waals surface area contributed by atoms with Gasteiger partial charge in [0.15, 0.2) is 0 Å². The van der Waals surface area contributed by atoms with E-state index in [-0.39, 0.29) is 44.0 Å². The summed E-state index contributed by atoms with van der Waals surface area (Å²) >= 11 is 0. The molecule has 0 bridgehead atoms. The van der Waals surface area contributed by atoms with Crippen LogP contribution in [0.4, 0.5) is 9.59 Å². The smallest absolute Gasteiger partial charge is 0.412 e. The molecule has 0 spiro atoms. The van der Waals surface area contributed by atoms with Gasteiger partial charge in [-0.15, -0.1) is 6.58 Å². The zero-order chi connectivity index (χ0) is 41.0. The molecular formula is C45H71N3O9. The third-order valence-electron chi connectivity index (χ3n) is 11.9. The average molecular weight is 798 g/mol. The highest BCUT2D eigenvalue weighted by atomic mass is 16.7.